The van der Waals surface area contributed by atoms with E-state index < -0.39 is 6.67 Å². The van der Waals surface area contributed by atoms with Gasteiger partial charge in [0.2, 0.25) is 0 Å². The van der Waals surface area contributed by atoms with Gasteiger partial charge in [-0.3, -0.25) is 0 Å². The van der Waals surface area contributed by atoms with Crippen LogP contribution in [0.25, 0.3) is 0 Å². The fourth-order valence-electron chi connectivity index (χ4n) is 1.58. The molecule has 1 aromatic rings. The van der Waals surface area contributed by atoms with Crippen LogP contribution in [0.1, 0.15) is 12.0 Å². The normalized spacial score (nSPS) is 14.4. The molecule has 3 heteroatoms. The number of halogens is 1. The Morgan fingerprint density at radius 3 is 3.21 bits per heavy atom. The number of ether oxygens (including phenoxy) is 2. The van der Waals surface area contributed by atoms with Crippen LogP contribution in [0.2, 0.25) is 0 Å². The van der Waals surface area contributed by atoms with Crippen LogP contribution in [-0.4, -0.2) is 19.9 Å². The largest absolute Gasteiger partial charge is 0.493 e. The smallest absolute Gasteiger partial charge is 0.123 e. The molecule has 76 valence electrons. The summed E-state index contributed by atoms with van der Waals surface area (Å²) >= 11 is 0. The van der Waals surface area contributed by atoms with Crippen LogP contribution in [0.3, 0.4) is 0 Å². The predicted octanol–water partition coefficient (Wildman–Crippen LogP) is 2.36. The second-order valence-electron chi connectivity index (χ2n) is 3.26. The van der Waals surface area contributed by atoms with Gasteiger partial charge in [-0.15, -0.1) is 0 Å². The number of hydrogen-bond acceptors (Lipinski definition) is 2. The van der Waals surface area contributed by atoms with E-state index in [0.29, 0.717) is 0 Å². The minimum absolute atomic E-state index is 0.125. The van der Waals surface area contributed by atoms with Crippen molar-refractivity contribution >= 4 is 0 Å². The van der Waals surface area contributed by atoms with Gasteiger partial charge in [-0.05, 0) is 36.6 Å². The van der Waals surface area contributed by atoms with Gasteiger partial charge >= 0.3 is 0 Å². The maximum absolute atomic E-state index is 11.9. The monoisotopic (exact) mass is 196 g/mol. The molecule has 0 saturated carbocycles. The zero-order valence-electron chi connectivity index (χ0n) is 7.96. The Bertz CT molecular complexity index is 312. The molecule has 1 aromatic carbocycles. The molecule has 0 spiro atoms. The number of alkyl halides is 1. The van der Waals surface area contributed by atoms with Crippen molar-refractivity contribution in [3.05, 3.63) is 23.8 Å². The van der Waals surface area contributed by atoms with Crippen LogP contribution in [0.5, 0.6) is 11.5 Å². The molecule has 0 bridgehead atoms. The molecule has 1 aliphatic rings. The van der Waals surface area contributed by atoms with E-state index in [4.69, 9.17) is 9.47 Å². The first kappa shape index (κ1) is 9.31. The van der Waals surface area contributed by atoms with E-state index in [1.165, 1.54) is 0 Å². The van der Waals surface area contributed by atoms with Gasteiger partial charge in [-0.2, -0.15) is 0 Å². The maximum Gasteiger partial charge on any atom is 0.123 e. The molecule has 0 saturated heterocycles. The zero-order chi connectivity index (χ0) is 9.80. The highest BCUT2D eigenvalue weighted by Gasteiger charge is 2.10. The Kier molecular flexibility index (Phi) is 2.87. The summed E-state index contributed by atoms with van der Waals surface area (Å²) < 4.78 is 22.5. The molecule has 0 amide bonds. The number of benzene rings is 1. The second kappa shape index (κ2) is 4.31. The lowest BCUT2D eigenvalue weighted by Crippen LogP contribution is -2.08. The van der Waals surface area contributed by atoms with Gasteiger partial charge in [0.15, 0.2) is 0 Å². The maximum atomic E-state index is 11.9. The van der Waals surface area contributed by atoms with Gasteiger partial charge < -0.3 is 9.47 Å². The van der Waals surface area contributed by atoms with Crippen LogP contribution in [0, 0.1) is 0 Å². The highest BCUT2D eigenvalue weighted by molar-refractivity contribution is 5.41. The average Bonchev–Trinajstić information content (AvgIpc) is 2.26. The summed E-state index contributed by atoms with van der Waals surface area (Å²) in [5, 5.41) is 0. The van der Waals surface area contributed by atoms with Crippen molar-refractivity contribution in [1.82, 2.24) is 0 Å². The van der Waals surface area contributed by atoms with Crippen molar-refractivity contribution in [3.8, 4) is 11.5 Å². The first-order chi connectivity index (χ1) is 6.90. The number of aryl methyl sites for hydroxylation is 1. The van der Waals surface area contributed by atoms with Crippen LogP contribution in [0.15, 0.2) is 18.2 Å². The molecular formula is C11H13FO2. The van der Waals surface area contributed by atoms with Crippen molar-refractivity contribution in [3.63, 3.8) is 0 Å². The van der Waals surface area contributed by atoms with Crippen molar-refractivity contribution in [2.75, 3.05) is 19.9 Å². The third-order valence-electron chi connectivity index (χ3n) is 2.23. The van der Waals surface area contributed by atoms with Crippen LogP contribution in [0.4, 0.5) is 4.39 Å². The van der Waals surface area contributed by atoms with E-state index in [0.717, 1.165) is 36.5 Å². The molecule has 0 radical (unpaired) electrons. The number of fused-ring (bicyclic) bond motifs is 1. The van der Waals surface area contributed by atoms with E-state index in [1.54, 1.807) is 0 Å². The summed E-state index contributed by atoms with van der Waals surface area (Å²) in [5.41, 5.74) is 1.16. The van der Waals surface area contributed by atoms with Crippen molar-refractivity contribution < 1.29 is 13.9 Å². The van der Waals surface area contributed by atoms with Crippen LogP contribution < -0.4 is 9.47 Å². The van der Waals surface area contributed by atoms with Crippen LogP contribution in [-0.2, 0) is 6.42 Å². The highest BCUT2D eigenvalue weighted by atomic mass is 19.1. The molecule has 2 rings (SSSR count). The van der Waals surface area contributed by atoms with E-state index >= 15 is 0 Å². The molecule has 0 aromatic heterocycles. The highest BCUT2D eigenvalue weighted by Crippen LogP contribution is 2.28. The standard InChI is InChI=1S/C11H13FO2/c12-5-7-13-10-3-4-11-9(8-10)2-1-6-14-11/h3-4,8H,1-2,5-7H2. The Morgan fingerprint density at radius 1 is 1.43 bits per heavy atom. The summed E-state index contributed by atoms with van der Waals surface area (Å²) in [7, 11) is 0. The summed E-state index contributed by atoms with van der Waals surface area (Å²) in [5.74, 6) is 1.66. The fourth-order valence-corrected chi connectivity index (χ4v) is 1.58. The van der Waals surface area contributed by atoms with Crippen molar-refractivity contribution in [2.45, 2.75) is 12.8 Å². The van der Waals surface area contributed by atoms with Gasteiger partial charge in [0, 0.05) is 0 Å². The summed E-state index contributed by atoms with van der Waals surface area (Å²) in [6.45, 7) is 0.463. The van der Waals surface area contributed by atoms with E-state index in [1.807, 2.05) is 18.2 Å². The van der Waals surface area contributed by atoms with E-state index in [2.05, 4.69) is 0 Å². The van der Waals surface area contributed by atoms with Crippen molar-refractivity contribution in [1.29, 1.82) is 0 Å². The Morgan fingerprint density at radius 2 is 2.36 bits per heavy atom. The Hall–Kier alpha value is -1.25. The molecule has 0 fully saturated rings. The first-order valence-corrected chi connectivity index (χ1v) is 4.84. The molecule has 2 nitrogen and oxygen atoms in total. The Balaban J connectivity index is 2.12. The molecule has 0 aliphatic carbocycles. The summed E-state index contributed by atoms with van der Waals surface area (Å²) in [6.07, 6.45) is 2.06. The number of rotatable bonds is 3. The number of hydrogen-bond donors (Lipinski definition) is 0. The molecular weight excluding hydrogens is 183 g/mol. The quantitative estimate of drug-likeness (QED) is 0.738. The summed E-state index contributed by atoms with van der Waals surface area (Å²) in [4.78, 5) is 0. The molecule has 0 atom stereocenters. The van der Waals surface area contributed by atoms with Gasteiger partial charge in [0.25, 0.3) is 0 Å². The second-order valence-corrected chi connectivity index (χ2v) is 3.26. The third kappa shape index (κ3) is 1.97. The topological polar surface area (TPSA) is 18.5 Å². The van der Waals surface area contributed by atoms with Gasteiger partial charge in [0.1, 0.15) is 24.8 Å². The molecule has 14 heavy (non-hydrogen) atoms. The van der Waals surface area contributed by atoms with E-state index in [-0.39, 0.29) is 6.61 Å². The zero-order valence-corrected chi connectivity index (χ0v) is 7.96. The van der Waals surface area contributed by atoms with E-state index in [9.17, 15) is 4.39 Å². The molecule has 0 N–H and O–H groups in total. The third-order valence-corrected chi connectivity index (χ3v) is 2.23. The fraction of sp³-hybridized carbons (Fsp3) is 0.455. The molecule has 1 heterocycles. The van der Waals surface area contributed by atoms with Gasteiger partial charge in [-0.25, -0.2) is 4.39 Å². The molecule has 0 unspecified atom stereocenters. The average molecular weight is 196 g/mol. The predicted molar refractivity (Wildman–Crippen MR) is 51.7 cm³/mol. The summed E-state index contributed by atoms with van der Waals surface area (Å²) in [6, 6.07) is 5.64. The van der Waals surface area contributed by atoms with Crippen molar-refractivity contribution in [2.24, 2.45) is 0 Å². The van der Waals surface area contributed by atoms with Crippen LogP contribution >= 0.6 is 0 Å². The molecule has 1 aliphatic heterocycles. The first-order valence-electron chi connectivity index (χ1n) is 4.84. The van der Waals surface area contributed by atoms with Gasteiger partial charge in [-0.1, -0.05) is 0 Å². The lowest BCUT2D eigenvalue weighted by Gasteiger charge is -2.17. The van der Waals surface area contributed by atoms with Gasteiger partial charge in [0.05, 0.1) is 6.61 Å². The minimum atomic E-state index is -0.451. The lowest BCUT2D eigenvalue weighted by atomic mass is 10.1. The Labute approximate surface area is 82.6 Å². The lowest BCUT2D eigenvalue weighted by molar-refractivity contribution is 0.268. The SMILES string of the molecule is FCCOc1ccc2c(c1)CCCO2. The minimum Gasteiger partial charge on any atom is -0.493 e.